The minimum Gasteiger partial charge on any atom is -0.493 e. The number of aromatic nitrogens is 2. The van der Waals surface area contributed by atoms with Crippen LogP contribution in [0, 0.1) is 0 Å². The predicted molar refractivity (Wildman–Crippen MR) is 118 cm³/mol. The van der Waals surface area contributed by atoms with Crippen molar-refractivity contribution in [3.05, 3.63) is 53.4 Å². The summed E-state index contributed by atoms with van der Waals surface area (Å²) in [7, 11) is 3.20. The van der Waals surface area contributed by atoms with Gasteiger partial charge in [0.05, 0.1) is 20.8 Å². The standard InChI is InChI=1S/C21H24ClN5O3/c1-4-23-21(25-16-8-9-17(28-2)18(13-16)29-3)24-11-10-19-26-20(27-30-19)14-6-5-7-15(22)12-14/h5-9,12-13H,4,10-11H2,1-3H3,(H2,23,24,25). The molecule has 0 atom stereocenters. The molecule has 0 saturated carbocycles. The molecule has 0 aliphatic carbocycles. The number of nitrogens with zero attached hydrogens (tertiary/aromatic N) is 3. The summed E-state index contributed by atoms with van der Waals surface area (Å²) in [6, 6.07) is 12.9. The smallest absolute Gasteiger partial charge is 0.228 e. The number of guanidine groups is 1. The predicted octanol–water partition coefficient (Wildman–Crippen LogP) is 4.03. The number of ether oxygens (including phenoxy) is 2. The highest BCUT2D eigenvalue weighted by atomic mass is 35.5. The van der Waals surface area contributed by atoms with Gasteiger partial charge >= 0.3 is 0 Å². The lowest BCUT2D eigenvalue weighted by atomic mass is 10.2. The van der Waals surface area contributed by atoms with Crippen LogP contribution in [-0.2, 0) is 6.42 Å². The number of anilines is 1. The van der Waals surface area contributed by atoms with Gasteiger partial charge in [0.1, 0.15) is 0 Å². The van der Waals surface area contributed by atoms with E-state index >= 15 is 0 Å². The molecule has 30 heavy (non-hydrogen) atoms. The van der Waals surface area contributed by atoms with Gasteiger partial charge in [-0.05, 0) is 31.2 Å². The van der Waals surface area contributed by atoms with E-state index in [0.29, 0.717) is 47.2 Å². The maximum Gasteiger partial charge on any atom is 0.228 e. The summed E-state index contributed by atoms with van der Waals surface area (Å²) >= 11 is 6.02. The Balaban J connectivity index is 1.64. The molecule has 158 valence electrons. The number of methoxy groups -OCH3 is 2. The van der Waals surface area contributed by atoms with E-state index in [4.69, 9.17) is 25.6 Å². The van der Waals surface area contributed by atoms with E-state index in [0.717, 1.165) is 17.8 Å². The third kappa shape index (κ3) is 5.64. The van der Waals surface area contributed by atoms with Crippen LogP contribution in [0.25, 0.3) is 11.4 Å². The molecule has 0 fully saturated rings. The Bertz CT molecular complexity index is 1010. The number of benzene rings is 2. The van der Waals surface area contributed by atoms with Crippen molar-refractivity contribution in [1.82, 2.24) is 15.5 Å². The van der Waals surface area contributed by atoms with Gasteiger partial charge in [0.2, 0.25) is 11.7 Å². The highest BCUT2D eigenvalue weighted by Crippen LogP contribution is 2.29. The van der Waals surface area contributed by atoms with Gasteiger partial charge in [0.15, 0.2) is 17.5 Å². The Hall–Kier alpha value is -3.26. The lowest BCUT2D eigenvalue weighted by Gasteiger charge is -2.13. The van der Waals surface area contributed by atoms with Crippen LogP contribution in [-0.4, -0.2) is 43.4 Å². The first-order valence-corrected chi connectivity index (χ1v) is 9.86. The maximum atomic E-state index is 6.02. The molecule has 0 aliphatic rings. The molecule has 0 amide bonds. The molecule has 0 radical (unpaired) electrons. The van der Waals surface area contributed by atoms with E-state index < -0.39 is 0 Å². The number of hydrogen-bond donors (Lipinski definition) is 2. The largest absolute Gasteiger partial charge is 0.493 e. The van der Waals surface area contributed by atoms with Gasteiger partial charge in [-0.3, -0.25) is 4.99 Å². The first kappa shape index (κ1) is 21.4. The van der Waals surface area contributed by atoms with Crippen LogP contribution in [0.3, 0.4) is 0 Å². The van der Waals surface area contributed by atoms with Gasteiger partial charge in [0, 0.05) is 35.3 Å². The lowest BCUT2D eigenvalue weighted by molar-refractivity contribution is 0.355. The molecule has 0 aliphatic heterocycles. The molecule has 2 N–H and O–H groups in total. The van der Waals surface area contributed by atoms with E-state index in [1.165, 1.54) is 0 Å². The maximum absolute atomic E-state index is 6.02. The van der Waals surface area contributed by atoms with E-state index in [1.54, 1.807) is 26.4 Å². The van der Waals surface area contributed by atoms with Crippen molar-refractivity contribution < 1.29 is 14.0 Å². The number of rotatable bonds is 8. The molecule has 1 heterocycles. The average Bonchev–Trinajstić information content (AvgIpc) is 3.23. The minimum atomic E-state index is 0.472. The number of hydrogen-bond acceptors (Lipinski definition) is 6. The molecule has 0 saturated heterocycles. The Morgan fingerprint density at radius 3 is 2.70 bits per heavy atom. The molecule has 3 rings (SSSR count). The molecule has 0 unspecified atom stereocenters. The normalized spacial score (nSPS) is 11.3. The molecule has 8 nitrogen and oxygen atoms in total. The monoisotopic (exact) mass is 429 g/mol. The van der Waals surface area contributed by atoms with Crippen molar-refractivity contribution in [1.29, 1.82) is 0 Å². The fourth-order valence-corrected chi connectivity index (χ4v) is 2.91. The molecular weight excluding hydrogens is 406 g/mol. The van der Waals surface area contributed by atoms with Gasteiger partial charge in [-0.15, -0.1) is 0 Å². The Labute approximate surface area is 180 Å². The summed E-state index contributed by atoms with van der Waals surface area (Å²) in [5.41, 5.74) is 1.64. The number of halogens is 1. The van der Waals surface area contributed by atoms with Gasteiger partial charge in [-0.25, -0.2) is 0 Å². The minimum absolute atomic E-state index is 0.472. The van der Waals surface area contributed by atoms with Crippen LogP contribution in [0.5, 0.6) is 11.5 Å². The summed E-state index contributed by atoms with van der Waals surface area (Å²) in [6.07, 6.45) is 0.510. The highest BCUT2D eigenvalue weighted by molar-refractivity contribution is 6.30. The van der Waals surface area contributed by atoms with E-state index in [2.05, 4.69) is 25.8 Å². The van der Waals surface area contributed by atoms with Crippen LogP contribution in [0.15, 0.2) is 52.0 Å². The van der Waals surface area contributed by atoms with E-state index in [-0.39, 0.29) is 0 Å². The average molecular weight is 430 g/mol. The fraction of sp³-hybridized carbons (Fsp3) is 0.286. The molecule has 9 heteroatoms. The van der Waals surface area contributed by atoms with Gasteiger partial charge in [0.25, 0.3) is 0 Å². The zero-order valence-electron chi connectivity index (χ0n) is 17.1. The summed E-state index contributed by atoms with van der Waals surface area (Å²) in [5.74, 6) is 2.96. The second kappa shape index (κ2) is 10.5. The second-order valence-electron chi connectivity index (χ2n) is 6.23. The van der Waals surface area contributed by atoms with Crippen molar-refractivity contribution in [2.45, 2.75) is 13.3 Å². The Morgan fingerprint density at radius 2 is 1.97 bits per heavy atom. The van der Waals surface area contributed by atoms with Crippen molar-refractivity contribution in [2.24, 2.45) is 4.99 Å². The topological polar surface area (TPSA) is 93.8 Å². The zero-order valence-corrected chi connectivity index (χ0v) is 17.9. The van der Waals surface area contributed by atoms with E-state index in [1.807, 2.05) is 37.3 Å². The molecule has 0 bridgehead atoms. The van der Waals surface area contributed by atoms with Crippen LogP contribution in [0.2, 0.25) is 5.02 Å². The van der Waals surface area contributed by atoms with Crippen molar-refractivity contribution in [3.8, 4) is 22.9 Å². The molecular formula is C21H24ClN5O3. The SMILES string of the molecule is CCNC(=NCCc1nc(-c2cccc(Cl)c2)no1)Nc1ccc(OC)c(OC)c1. The molecule has 2 aromatic carbocycles. The van der Waals surface area contributed by atoms with Crippen molar-refractivity contribution >= 4 is 23.2 Å². The van der Waals surface area contributed by atoms with Crippen LogP contribution < -0.4 is 20.1 Å². The lowest BCUT2D eigenvalue weighted by Crippen LogP contribution is -2.30. The number of nitrogens with one attached hydrogen (secondary N) is 2. The summed E-state index contributed by atoms with van der Waals surface area (Å²) in [4.78, 5) is 8.98. The fourth-order valence-electron chi connectivity index (χ4n) is 2.72. The second-order valence-corrected chi connectivity index (χ2v) is 6.66. The van der Waals surface area contributed by atoms with Crippen molar-refractivity contribution in [2.75, 3.05) is 32.6 Å². The summed E-state index contributed by atoms with van der Waals surface area (Å²) < 4.78 is 15.9. The molecule has 0 spiro atoms. The van der Waals surface area contributed by atoms with Crippen molar-refractivity contribution in [3.63, 3.8) is 0 Å². The third-order valence-electron chi connectivity index (χ3n) is 4.14. The quantitative estimate of drug-likeness (QED) is 0.412. The summed E-state index contributed by atoms with van der Waals surface area (Å²) in [5, 5.41) is 11.1. The van der Waals surface area contributed by atoms with Crippen LogP contribution in [0.4, 0.5) is 5.69 Å². The molecule has 3 aromatic rings. The number of aliphatic imine (C=N–C) groups is 1. The Kier molecular flexibility index (Phi) is 7.51. The Morgan fingerprint density at radius 1 is 1.13 bits per heavy atom. The first-order chi connectivity index (χ1) is 14.6. The van der Waals surface area contributed by atoms with Crippen LogP contribution in [0.1, 0.15) is 12.8 Å². The first-order valence-electron chi connectivity index (χ1n) is 9.48. The van der Waals surface area contributed by atoms with Gasteiger partial charge in [-0.2, -0.15) is 4.98 Å². The van der Waals surface area contributed by atoms with E-state index in [9.17, 15) is 0 Å². The summed E-state index contributed by atoms with van der Waals surface area (Å²) in [6.45, 7) is 3.19. The third-order valence-corrected chi connectivity index (χ3v) is 4.37. The van der Waals surface area contributed by atoms with Crippen LogP contribution >= 0.6 is 11.6 Å². The van der Waals surface area contributed by atoms with Gasteiger partial charge in [-0.1, -0.05) is 28.9 Å². The molecule has 1 aromatic heterocycles. The highest BCUT2D eigenvalue weighted by Gasteiger charge is 2.10. The van der Waals surface area contributed by atoms with Gasteiger partial charge < -0.3 is 24.6 Å². The zero-order chi connectivity index (χ0) is 21.3.